The lowest BCUT2D eigenvalue weighted by Crippen LogP contribution is -2.49. The zero-order valence-electron chi connectivity index (χ0n) is 15.1. The van der Waals surface area contributed by atoms with Crippen molar-refractivity contribution in [2.24, 2.45) is 0 Å². The van der Waals surface area contributed by atoms with Crippen LogP contribution in [0, 0.1) is 6.92 Å². The number of piperidine rings is 1. The zero-order valence-corrected chi connectivity index (χ0v) is 16.0. The van der Waals surface area contributed by atoms with E-state index in [0.717, 1.165) is 10.5 Å². The third-order valence-corrected chi connectivity index (χ3v) is 7.24. The molecule has 9 heteroatoms. The van der Waals surface area contributed by atoms with Crippen LogP contribution in [0.2, 0.25) is 0 Å². The van der Waals surface area contributed by atoms with E-state index in [1.54, 1.807) is 18.2 Å². The largest absolute Gasteiger partial charge is 0.347 e. The molecule has 0 N–H and O–H groups in total. The molecule has 0 unspecified atom stereocenters. The predicted octanol–water partition coefficient (Wildman–Crippen LogP) is 0.760. The van der Waals surface area contributed by atoms with E-state index in [9.17, 15) is 18.0 Å². The van der Waals surface area contributed by atoms with E-state index in [2.05, 4.69) is 0 Å². The number of rotatable bonds is 4. The van der Waals surface area contributed by atoms with Crippen LogP contribution in [0.25, 0.3) is 0 Å². The topological polar surface area (TPSA) is 93.2 Å². The van der Waals surface area contributed by atoms with Gasteiger partial charge in [-0.15, -0.1) is 0 Å². The minimum Gasteiger partial charge on any atom is -0.347 e. The second kappa shape index (κ2) is 6.66. The summed E-state index contributed by atoms with van der Waals surface area (Å²) in [6.07, 6.45) is 0.969. The lowest BCUT2D eigenvalue weighted by molar-refractivity contribution is -0.179. The number of imide groups is 1. The highest BCUT2D eigenvalue weighted by Crippen LogP contribution is 2.32. The Hall–Kier alpha value is -1.81. The Balaban J connectivity index is 1.40. The molecule has 0 aliphatic carbocycles. The van der Waals surface area contributed by atoms with Crippen LogP contribution in [0.4, 0.5) is 0 Å². The first-order valence-corrected chi connectivity index (χ1v) is 10.6. The molecule has 4 rings (SSSR count). The Morgan fingerprint density at radius 2 is 1.67 bits per heavy atom. The van der Waals surface area contributed by atoms with Crippen LogP contribution in [-0.2, 0) is 19.5 Å². The molecule has 1 spiro atoms. The van der Waals surface area contributed by atoms with E-state index >= 15 is 0 Å². The Bertz CT molecular complexity index is 881. The molecule has 0 bridgehead atoms. The van der Waals surface area contributed by atoms with Gasteiger partial charge in [-0.3, -0.25) is 14.5 Å². The van der Waals surface area contributed by atoms with Crippen LogP contribution in [0.1, 0.15) is 39.1 Å². The minimum absolute atomic E-state index is 0.150. The summed E-state index contributed by atoms with van der Waals surface area (Å²) in [7, 11) is -3.58. The summed E-state index contributed by atoms with van der Waals surface area (Å²) in [5.74, 6) is -1.80. The van der Waals surface area contributed by atoms with Gasteiger partial charge < -0.3 is 9.47 Å². The van der Waals surface area contributed by atoms with Crippen molar-refractivity contribution in [3.05, 3.63) is 34.9 Å². The standard InChI is InChI=1S/C18H22N2O6S/c1-13-2-3-14-15(12-13)17(22)20(16(14)21)8-11-27(23,24)19-6-4-18(5-7-19)25-9-10-26-18/h2-3,12H,4-11H2,1H3. The van der Waals surface area contributed by atoms with Gasteiger partial charge in [0, 0.05) is 32.5 Å². The lowest BCUT2D eigenvalue weighted by atomic mass is 10.1. The van der Waals surface area contributed by atoms with Crippen molar-refractivity contribution in [2.75, 3.05) is 38.6 Å². The van der Waals surface area contributed by atoms with Gasteiger partial charge in [0.2, 0.25) is 10.0 Å². The highest BCUT2D eigenvalue weighted by Gasteiger charge is 2.43. The van der Waals surface area contributed by atoms with Gasteiger partial charge in [-0.05, 0) is 19.1 Å². The average molecular weight is 394 g/mol. The maximum absolute atomic E-state index is 12.7. The third kappa shape index (κ3) is 3.29. The average Bonchev–Trinajstić information content (AvgIpc) is 3.18. The molecule has 146 valence electrons. The summed E-state index contributed by atoms with van der Waals surface area (Å²) in [5, 5.41) is 0. The molecule has 0 aromatic heterocycles. The number of amides is 2. The highest BCUT2D eigenvalue weighted by atomic mass is 32.2. The van der Waals surface area contributed by atoms with Gasteiger partial charge >= 0.3 is 0 Å². The number of nitrogens with zero attached hydrogens (tertiary/aromatic N) is 2. The van der Waals surface area contributed by atoms with E-state index in [4.69, 9.17) is 9.47 Å². The fourth-order valence-electron chi connectivity index (χ4n) is 3.83. The van der Waals surface area contributed by atoms with Gasteiger partial charge in [-0.2, -0.15) is 0 Å². The number of carbonyl (C=O) groups excluding carboxylic acids is 2. The number of ether oxygens (including phenoxy) is 2. The fourth-order valence-corrected chi connectivity index (χ4v) is 5.24. The Kier molecular flexibility index (Phi) is 4.58. The second-order valence-corrected chi connectivity index (χ2v) is 9.22. The number of hydrogen-bond donors (Lipinski definition) is 0. The van der Waals surface area contributed by atoms with Gasteiger partial charge in [-0.1, -0.05) is 11.6 Å². The minimum atomic E-state index is -3.58. The van der Waals surface area contributed by atoms with Crippen molar-refractivity contribution in [1.82, 2.24) is 9.21 Å². The molecule has 27 heavy (non-hydrogen) atoms. The molecule has 0 saturated carbocycles. The molecule has 2 saturated heterocycles. The van der Waals surface area contributed by atoms with E-state index < -0.39 is 27.6 Å². The number of benzene rings is 1. The van der Waals surface area contributed by atoms with Crippen molar-refractivity contribution in [2.45, 2.75) is 25.6 Å². The zero-order chi connectivity index (χ0) is 19.2. The molecule has 2 amide bonds. The monoisotopic (exact) mass is 394 g/mol. The predicted molar refractivity (Wildman–Crippen MR) is 95.8 cm³/mol. The van der Waals surface area contributed by atoms with Crippen LogP contribution >= 0.6 is 0 Å². The maximum Gasteiger partial charge on any atom is 0.261 e. The quantitative estimate of drug-likeness (QED) is 0.700. The normalized spacial score (nSPS) is 22.6. The molecule has 0 radical (unpaired) electrons. The summed E-state index contributed by atoms with van der Waals surface area (Å²) < 4.78 is 38.0. The summed E-state index contributed by atoms with van der Waals surface area (Å²) in [4.78, 5) is 26.0. The summed E-state index contributed by atoms with van der Waals surface area (Å²) in [6, 6.07) is 5.04. The van der Waals surface area contributed by atoms with Crippen LogP contribution in [-0.4, -0.2) is 73.8 Å². The molecule has 1 aromatic carbocycles. The van der Waals surface area contributed by atoms with Crippen molar-refractivity contribution in [3.63, 3.8) is 0 Å². The third-order valence-electron chi connectivity index (χ3n) is 5.39. The molecule has 0 atom stereocenters. The van der Waals surface area contributed by atoms with Gasteiger partial charge in [0.05, 0.1) is 30.1 Å². The van der Waals surface area contributed by atoms with E-state index in [1.165, 1.54) is 4.31 Å². The van der Waals surface area contributed by atoms with Crippen LogP contribution in [0.3, 0.4) is 0 Å². The Morgan fingerprint density at radius 1 is 1.04 bits per heavy atom. The van der Waals surface area contributed by atoms with Gasteiger partial charge in [0.25, 0.3) is 11.8 Å². The summed E-state index contributed by atoms with van der Waals surface area (Å²) in [5.41, 5.74) is 1.55. The Labute approximate surface area is 158 Å². The Morgan fingerprint density at radius 3 is 2.33 bits per heavy atom. The van der Waals surface area contributed by atoms with Gasteiger partial charge in [0.15, 0.2) is 5.79 Å². The number of fused-ring (bicyclic) bond motifs is 1. The lowest BCUT2D eigenvalue weighted by Gasteiger charge is -2.37. The number of hydrogen-bond acceptors (Lipinski definition) is 6. The van der Waals surface area contributed by atoms with Crippen molar-refractivity contribution < 1.29 is 27.5 Å². The second-order valence-electron chi connectivity index (χ2n) is 7.13. The first kappa shape index (κ1) is 18.5. The van der Waals surface area contributed by atoms with Gasteiger partial charge in [-0.25, -0.2) is 12.7 Å². The van der Waals surface area contributed by atoms with Crippen LogP contribution in [0.5, 0.6) is 0 Å². The SMILES string of the molecule is Cc1ccc2c(c1)C(=O)N(CCS(=O)(=O)N1CCC3(CC1)OCCO3)C2=O. The first-order valence-electron chi connectivity index (χ1n) is 9.04. The first-order chi connectivity index (χ1) is 12.8. The van der Waals surface area contributed by atoms with Crippen molar-refractivity contribution in [3.8, 4) is 0 Å². The molecule has 3 heterocycles. The molecule has 8 nitrogen and oxygen atoms in total. The highest BCUT2D eigenvalue weighted by molar-refractivity contribution is 7.89. The molecule has 2 fully saturated rings. The number of sulfonamides is 1. The number of aryl methyl sites for hydroxylation is 1. The fraction of sp³-hybridized carbons (Fsp3) is 0.556. The molecule has 3 aliphatic heterocycles. The number of carbonyl (C=O) groups is 2. The van der Waals surface area contributed by atoms with E-state index in [0.29, 0.717) is 50.3 Å². The summed E-state index contributed by atoms with van der Waals surface area (Å²) >= 11 is 0. The van der Waals surface area contributed by atoms with E-state index in [1.807, 2.05) is 6.92 Å². The smallest absolute Gasteiger partial charge is 0.261 e. The molecule has 1 aromatic rings. The molecular formula is C18H22N2O6S. The molecular weight excluding hydrogens is 372 g/mol. The maximum atomic E-state index is 12.7. The van der Waals surface area contributed by atoms with Crippen LogP contribution < -0.4 is 0 Å². The van der Waals surface area contributed by atoms with Crippen LogP contribution in [0.15, 0.2) is 18.2 Å². The van der Waals surface area contributed by atoms with Crippen molar-refractivity contribution >= 4 is 21.8 Å². The van der Waals surface area contributed by atoms with E-state index in [-0.39, 0.29) is 12.3 Å². The van der Waals surface area contributed by atoms with Crippen molar-refractivity contribution in [1.29, 1.82) is 0 Å². The van der Waals surface area contributed by atoms with Gasteiger partial charge in [0.1, 0.15) is 0 Å². The molecule has 3 aliphatic rings. The summed E-state index contributed by atoms with van der Waals surface area (Å²) in [6.45, 7) is 3.37.